The summed E-state index contributed by atoms with van der Waals surface area (Å²) < 4.78 is 13.9. The lowest BCUT2D eigenvalue weighted by atomic mass is 9.73. The maximum atomic E-state index is 11.9. The Labute approximate surface area is 173 Å². The van der Waals surface area contributed by atoms with E-state index in [-0.39, 0.29) is 12.3 Å². The van der Waals surface area contributed by atoms with Crippen LogP contribution in [0.1, 0.15) is 71.6 Å². The Morgan fingerprint density at radius 3 is 2.69 bits per heavy atom. The number of hydrogen-bond donors (Lipinski definition) is 1. The molecule has 1 aromatic carbocycles. The van der Waals surface area contributed by atoms with Crippen LogP contribution in [-0.4, -0.2) is 28.9 Å². The highest BCUT2D eigenvalue weighted by molar-refractivity contribution is 5.84. The van der Waals surface area contributed by atoms with E-state index in [1.807, 2.05) is 20.8 Å². The molecular weight excluding hydrogens is 364 g/mol. The van der Waals surface area contributed by atoms with Gasteiger partial charge in [0.25, 0.3) is 0 Å². The number of alkyl carbamates (subject to hydrolysis) is 1. The molecule has 158 valence electrons. The monoisotopic (exact) mass is 398 g/mol. The van der Waals surface area contributed by atoms with Gasteiger partial charge in [-0.2, -0.15) is 0 Å². The summed E-state index contributed by atoms with van der Waals surface area (Å²) in [6.45, 7) is 8.57. The molecule has 1 amide bonds. The van der Waals surface area contributed by atoms with Crippen LogP contribution in [0, 0.1) is 5.41 Å². The molecule has 5 heteroatoms. The Kier molecular flexibility index (Phi) is 5.36. The molecular formula is C24H34N2O3. The van der Waals surface area contributed by atoms with Crippen molar-refractivity contribution in [2.45, 2.75) is 84.2 Å². The van der Waals surface area contributed by atoms with E-state index in [4.69, 9.17) is 9.47 Å². The van der Waals surface area contributed by atoms with Gasteiger partial charge in [0.2, 0.25) is 0 Å². The zero-order valence-electron chi connectivity index (χ0n) is 18.2. The van der Waals surface area contributed by atoms with E-state index < -0.39 is 5.60 Å². The van der Waals surface area contributed by atoms with Gasteiger partial charge in [0.05, 0.1) is 5.52 Å². The molecule has 2 atom stereocenters. The SMILES string of the molecule is CC(C)(C)OC(=O)NCCc1cn(C2OC2C2(C)CCCCC2)c2ccccc12. The maximum absolute atomic E-state index is 11.9. The topological polar surface area (TPSA) is 55.8 Å². The van der Waals surface area contributed by atoms with Crippen molar-refractivity contribution < 1.29 is 14.3 Å². The summed E-state index contributed by atoms with van der Waals surface area (Å²) in [7, 11) is 0. The van der Waals surface area contributed by atoms with Crippen molar-refractivity contribution in [2.24, 2.45) is 5.41 Å². The number of ether oxygens (including phenoxy) is 2. The van der Waals surface area contributed by atoms with Gasteiger partial charge in [-0.05, 0) is 57.1 Å². The quantitative estimate of drug-likeness (QED) is 0.669. The van der Waals surface area contributed by atoms with Crippen molar-refractivity contribution in [1.29, 1.82) is 0 Å². The number of nitrogens with one attached hydrogen (secondary N) is 1. The predicted molar refractivity (Wildman–Crippen MR) is 115 cm³/mol. The van der Waals surface area contributed by atoms with Crippen molar-refractivity contribution >= 4 is 17.0 Å². The van der Waals surface area contributed by atoms with Crippen LogP contribution in [0.5, 0.6) is 0 Å². The summed E-state index contributed by atoms with van der Waals surface area (Å²) in [5, 5.41) is 4.11. The largest absolute Gasteiger partial charge is 0.444 e. The highest BCUT2D eigenvalue weighted by Crippen LogP contribution is 2.53. The summed E-state index contributed by atoms with van der Waals surface area (Å²) in [5.41, 5.74) is 2.27. The highest BCUT2D eigenvalue weighted by Gasteiger charge is 2.53. The molecule has 2 fully saturated rings. The molecule has 0 spiro atoms. The van der Waals surface area contributed by atoms with Gasteiger partial charge in [-0.15, -0.1) is 0 Å². The number of epoxide rings is 1. The number of nitrogens with zero attached hydrogens (tertiary/aromatic N) is 1. The summed E-state index contributed by atoms with van der Waals surface area (Å²) in [6.07, 6.45) is 9.58. The van der Waals surface area contributed by atoms with Gasteiger partial charge in [0.1, 0.15) is 11.7 Å². The normalized spacial score (nSPS) is 23.7. The molecule has 0 radical (unpaired) electrons. The lowest BCUT2D eigenvalue weighted by Crippen LogP contribution is -2.33. The first kappa shape index (κ1) is 20.3. The fraction of sp³-hybridized carbons (Fsp3) is 0.625. The van der Waals surface area contributed by atoms with Crippen LogP contribution in [0.2, 0.25) is 0 Å². The van der Waals surface area contributed by atoms with Gasteiger partial charge in [0.15, 0.2) is 6.23 Å². The van der Waals surface area contributed by atoms with Crippen molar-refractivity contribution in [3.8, 4) is 0 Å². The number of rotatable bonds is 5. The van der Waals surface area contributed by atoms with Crippen LogP contribution < -0.4 is 5.32 Å². The zero-order chi connectivity index (χ0) is 20.6. The summed E-state index contributed by atoms with van der Waals surface area (Å²) in [4.78, 5) is 11.9. The first-order chi connectivity index (χ1) is 13.8. The molecule has 29 heavy (non-hydrogen) atoms. The van der Waals surface area contributed by atoms with Crippen LogP contribution in [0.4, 0.5) is 4.79 Å². The van der Waals surface area contributed by atoms with Gasteiger partial charge in [-0.3, -0.25) is 0 Å². The van der Waals surface area contributed by atoms with Crippen molar-refractivity contribution in [1.82, 2.24) is 9.88 Å². The highest BCUT2D eigenvalue weighted by atomic mass is 16.6. The van der Waals surface area contributed by atoms with E-state index in [0.717, 1.165) is 6.42 Å². The van der Waals surface area contributed by atoms with Crippen LogP contribution >= 0.6 is 0 Å². The van der Waals surface area contributed by atoms with Crippen LogP contribution in [0.3, 0.4) is 0 Å². The number of amides is 1. The standard InChI is InChI=1S/C24H34N2O3/c1-23(2,3)29-22(27)25-15-12-17-16-26(19-11-7-6-10-18(17)19)21-20(28-21)24(4)13-8-5-9-14-24/h6-7,10-11,16,20-21H,5,8-9,12-15H2,1-4H3,(H,25,27). The Balaban J connectivity index is 1.46. The molecule has 1 aromatic heterocycles. The second-order valence-electron chi connectivity index (χ2n) is 9.92. The molecule has 1 saturated carbocycles. The minimum absolute atomic E-state index is 0.135. The number of para-hydroxylation sites is 1. The molecule has 5 nitrogen and oxygen atoms in total. The second kappa shape index (κ2) is 7.67. The molecule has 1 N–H and O–H groups in total. The first-order valence-electron chi connectivity index (χ1n) is 11.0. The first-order valence-corrected chi connectivity index (χ1v) is 11.0. The lowest BCUT2D eigenvalue weighted by molar-refractivity contribution is 0.0528. The molecule has 4 rings (SSSR count). The van der Waals surface area contributed by atoms with Crippen LogP contribution in [0.15, 0.2) is 30.5 Å². The van der Waals surface area contributed by atoms with E-state index in [2.05, 4.69) is 47.3 Å². The van der Waals surface area contributed by atoms with Gasteiger partial charge >= 0.3 is 6.09 Å². The summed E-state index contributed by atoms with van der Waals surface area (Å²) >= 11 is 0. The molecule has 1 aliphatic carbocycles. The minimum atomic E-state index is -0.479. The molecule has 0 bridgehead atoms. The van der Waals surface area contributed by atoms with Crippen molar-refractivity contribution in [2.75, 3.05) is 6.54 Å². The van der Waals surface area contributed by atoms with E-state index in [9.17, 15) is 4.79 Å². The van der Waals surface area contributed by atoms with Crippen LogP contribution in [0.25, 0.3) is 10.9 Å². The second-order valence-corrected chi connectivity index (χ2v) is 9.92. The fourth-order valence-electron chi connectivity index (χ4n) is 4.77. The maximum Gasteiger partial charge on any atom is 0.407 e. The van der Waals surface area contributed by atoms with E-state index in [0.29, 0.717) is 18.1 Å². The average Bonchev–Trinajstić information content (AvgIpc) is 3.38. The predicted octanol–water partition coefficient (Wildman–Crippen LogP) is 5.58. The van der Waals surface area contributed by atoms with Gasteiger partial charge in [-0.1, -0.05) is 44.4 Å². The van der Waals surface area contributed by atoms with Crippen molar-refractivity contribution in [3.63, 3.8) is 0 Å². The molecule has 2 unspecified atom stereocenters. The minimum Gasteiger partial charge on any atom is -0.444 e. The third-order valence-electron chi connectivity index (χ3n) is 6.31. The Morgan fingerprint density at radius 2 is 1.97 bits per heavy atom. The van der Waals surface area contributed by atoms with Gasteiger partial charge < -0.3 is 19.4 Å². The lowest BCUT2D eigenvalue weighted by Gasteiger charge is -2.32. The third-order valence-corrected chi connectivity index (χ3v) is 6.31. The van der Waals surface area contributed by atoms with E-state index >= 15 is 0 Å². The number of hydrogen-bond acceptors (Lipinski definition) is 3. The number of benzene rings is 1. The fourth-order valence-corrected chi connectivity index (χ4v) is 4.77. The number of fused-ring (bicyclic) bond motifs is 1. The molecule has 2 heterocycles. The average molecular weight is 399 g/mol. The Bertz CT molecular complexity index is 874. The number of carbonyl (C=O) groups excluding carboxylic acids is 1. The zero-order valence-corrected chi connectivity index (χ0v) is 18.2. The Morgan fingerprint density at radius 1 is 1.24 bits per heavy atom. The summed E-state index contributed by atoms with van der Waals surface area (Å²) in [5.74, 6) is 0. The van der Waals surface area contributed by atoms with E-state index in [1.54, 1.807) is 0 Å². The molecule has 2 aromatic rings. The van der Waals surface area contributed by atoms with E-state index in [1.165, 1.54) is 48.6 Å². The van der Waals surface area contributed by atoms with Gasteiger partial charge in [0, 0.05) is 18.1 Å². The number of aromatic nitrogens is 1. The number of carbonyl (C=O) groups is 1. The van der Waals surface area contributed by atoms with Gasteiger partial charge in [-0.25, -0.2) is 4.79 Å². The molecule has 2 aliphatic rings. The Hall–Kier alpha value is -2.01. The molecule has 1 saturated heterocycles. The van der Waals surface area contributed by atoms with Crippen LogP contribution in [-0.2, 0) is 15.9 Å². The molecule has 1 aliphatic heterocycles. The smallest absolute Gasteiger partial charge is 0.407 e. The summed E-state index contributed by atoms with van der Waals surface area (Å²) in [6, 6.07) is 8.49. The third kappa shape index (κ3) is 4.45. The van der Waals surface area contributed by atoms with Crippen molar-refractivity contribution in [3.05, 3.63) is 36.0 Å².